The topological polar surface area (TPSA) is 84.4 Å². The predicted molar refractivity (Wildman–Crippen MR) is 131 cm³/mol. The van der Waals surface area contributed by atoms with Crippen molar-refractivity contribution in [2.75, 3.05) is 42.0 Å². The van der Waals surface area contributed by atoms with E-state index in [1.165, 1.54) is 9.78 Å². The van der Waals surface area contributed by atoms with Crippen LogP contribution in [-0.2, 0) is 17.9 Å². The second-order valence-corrected chi connectivity index (χ2v) is 7.31. The highest BCUT2D eigenvalue weighted by Gasteiger charge is 2.13. The molecule has 1 heterocycles. The Balaban J connectivity index is 0.00000450. The summed E-state index contributed by atoms with van der Waals surface area (Å²) in [5, 5.41) is 8.36. The Morgan fingerprint density at radius 3 is 2.27 bits per heavy atom. The first-order valence-electron chi connectivity index (χ1n) is 9.02. The Labute approximate surface area is 198 Å². The maximum Gasteiger partial charge on any atom is 0.241 e. The molecule has 0 saturated carbocycles. The van der Waals surface area contributed by atoms with Crippen molar-refractivity contribution in [2.24, 2.45) is 4.99 Å². The number of amides is 1. The molecular weight excluding hydrogens is 519 g/mol. The number of benzene rings is 1. The minimum Gasteiger partial charge on any atom is -0.493 e. The fraction of sp³-hybridized carbons (Fsp3) is 0.400. The maximum atomic E-state index is 11.9. The summed E-state index contributed by atoms with van der Waals surface area (Å²) in [4.78, 5) is 19.2. The summed E-state index contributed by atoms with van der Waals surface area (Å²) in [7, 11) is 8.15. The van der Waals surface area contributed by atoms with E-state index in [0.717, 1.165) is 5.56 Å². The molecule has 0 aliphatic rings. The Kier molecular flexibility index (Phi) is 11.3. The lowest BCUT2D eigenvalue weighted by Gasteiger charge is -2.16. The minimum atomic E-state index is -0.0385. The molecule has 2 aromatic rings. The first kappa shape index (κ1) is 25.8. The van der Waals surface area contributed by atoms with Crippen molar-refractivity contribution in [1.82, 2.24) is 15.5 Å². The first-order chi connectivity index (χ1) is 14.0. The van der Waals surface area contributed by atoms with Crippen molar-refractivity contribution in [3.63, 3.8) is 0 Å². The number of guanidine groups is 1. The number of nitrogens with zero attached hydrogens (tertiary/aromatic N) is 2. The van der Waals surface area contributed by atoms with Crippen molar-refractivity contribution in [2.45, 2.75) is 13.1 Å². The largest absolute Gasteiger partial charge is 0.493 e. The third-order valence-electron chi connectivity index (χ3n) is 4.06. The van der Waals surface area contributed by atoms with E-state index in [9.17, 15) is 4.79 Å². The molecule has 0 spiro atoms. The van der Waals surface area contributed by atoms with E-state index in [2.05, 4.69) is 15.6 Å². The van der Waals surface area contributed by atoms with Crippen LogP contribution in [-0.4, -0.2) is 58.7 Å². The number of halogens is 1. The lowest BCUT2D eigenvalue weighted by Crippen LogP contribution is -2.42. The molecule has 0 saturated heterocycles. The molecule has 1 aromatic heterocycles. The SMILES string of the molecule is COc1cc(CN=C(NCC(=O)N(C)C)NCc2cccs2)cc(OC)c1OC.I. The van der Waals surface area contributed by atoms with Gasteiger partial charge in [0.2, 0.25) is 11.7 Å². The summed E-state index contributed by atoms with van der Waals surface area (Å²) in [6, 6.07) is 7.75. The summed E-state index contributed by atoms with van der Waals surface area (Å²) in [6.07, 6.45) is 0. The van der Waals surface area contributed by atoms with E-state index in [1.807, 2.05) is 29.6 Å². The van der Waals surface area contributed by atoms with Crippen LogP contribution in [0.25, 0.3) is 0 Å². The average Bonchev–Trinajstić information content (AvgIpc) is 3.25. The summed E-state index contributed by atoms with van der Waals surface area (Å²) in [5.74, 6) is 2.18. The Morgan fingerprint density at radius 1 is 1.10 bits per heavy atom. The summed E-state index contributed by atoms with van der Waals surface area (Å²) >= 11 is 1.66. The van der Waals surface area contributed by atoms with Gasteiger partial charge < -0.3 is 29.7 Å². The van der Waals surface area contributed by atoms with Crippen LogP contribution in [0.3, 0.4) is 0 Å². The van der Waals surface area contributed by atoms with Gasteiger partial charge in [-0.1, -0.05) is 6.07 Å². The molecule has 0 unspecified atom stereocenters. The number of nitrogens with one attached hydrogen (secondary N) is 2. The van der Waals surface area contributed by atoms with Crippen LogP contribution < -0.4 is 24.8 Å². The number of aliphatic imine (C=N–C) groups is 1. The van der Waals surface area contributed by atoms with Gasteiger partial charge in [0, 0.05) is 19.0 Å². The molecule has 30 heavy (non-hydrogen) atoms. The van der Waals surface area contributed by atoms with Crippen molar-refractivity contribution in [3.8, 4) is 17.2 Å². The quantitative estimate of drug-likeness (QED) is 0.285. The molecule has 0 fully saturated rings. The Morgan fingerprint density at radius 2 is 1.77 bits per heavy atom. The summed E-state index contributed by atoms with van der Waals surface area (Å²) in [5.41, 5.74) is 0.885. The predicted octanol–water partition coefficient (Wildman–Crippen LogP) is 2.72. The molecule has 8 nitrogen and oxygen atoms in total. The van der Waals surface area contributed by atoms with E-state index in [4.69, 9.17) is 14.2 Å². The van der Waals surface area contributed by atoms with Crippen LogP contribution in [0.15, 0.2) is 34.6 Å². The zero-order valence-electron chi connectivity index (χ0n) is 17.9. The van der Waals surface area contributed by atoms with Crippen molar-refractivity contribution in [3.05, 3.63) is 40.1 Å². The highest BCUT2D eigenvalue weighted by atomic mass is 127. The third kappa shape index (κ3) is 7.56. The molecular formula is C20H29IN4O4S. The molecule has 0 atom stereocenters. The number of likely N-dealkylation sites (N-methyl/N-ethyl adjacent to an activating group) is 1. The van der Waals surface area contributed by atoms with E-state index in [0.29, 0.717) is 36.3 Å². The number of carbonyl (C=O) groups is 1. The van der Waals surface area contributed by atoms with Gasteiger partial charge >= 0.3 is 0 Å². The van der Waals surface area contributed by atoms with Crippen molar-refractivity contribution < 1.29 is 19.0 Å². The molecule has 166 valence electrons. The van der Waals surface area contributed by atoms with Crippen LogP contribution >= 0.6 is 35.3 Å². The minimum absolute atomic E-state index is 0. The van der Waals surface area contributed by atoms with Crippen LogP contribution in [0.2, 0.25) is 0 Å². The average molecular weight is 548 g/mol. The first-order valence-corrected chi connectivity index (χ1v) is 9.90. The second kappa shape index (κ2) is 13.2. The number of thiophene rings is 1. The second-order valence-electron chi connectivity index (χ2n) is 6.27. The molecule has 0 aliphatic heterocycles. The fourth-order valence-corrected chi connectivity index (χ4v) is 3.12. The lowest BCUT2D eigenvalue weighted by molar-refractivity contribution is -0.127. The number of methoxy groups -OCH3 is 3. The third-order valence-corrected chi connectivity index (χ3v) is 4.94. The van der Waals surface area contributed by atoms with Gasteiger partial charge in [-0.3, -0.25) is 4.79 Å². The van der Waals surface area contributed by atoms with Gasteiger partial charge in [0.05, 0.1) is 41.0 Å². The van der Waals surface area contributed by atoms with Crippen LogP contribution in [0.4, 0.5) is 0 Å². The van der Waals surface area contributed by atoms with E-state index in [1.54, 1.807) is 46.8 Å². The standard InChI is InChI=1S/C20H28N4O4S.HI/c1-24(2)18(25)13-23-20(22-12-15-7-6-8-29-15)21-11-14-9-16(26-3)19(28-5)17(10-14)27-4;/h6-10H,11-13H2,1-5H3,(H2,21,22,23);1H. The van der Waals surface area contributed by atoms with Gasteiger partial charge in [0.15, 0.2) is 17.5 Å². The number of carbonyl (C=O) groups excluding carboxylic acids is 1. The molecule has 1 aromatic carbocycles. The zero-order valence-corrected chi connectivity index (χ0v) is 21.0. The van der Waals surface area contributed by atoms with Gasteiger partial charge in [-0.25, -0.2) is 4.99 Å². The van der Waals surface area contributed by atoms with Crippen molar-refractivity contribution >= 4 is 47.2 Å². The van der Waals surface area contributed by atoms with Crippen LogP contribution in [0, 0.1) is 0 Å². The summed E-state index contributed by atoms with van der Waals surface area (Å²) in [6.45, 7) is 1.14. The van der Waals surface area contributed by atoms with Crippen molar-refractivity contribution in [1.29, 1.82) is 0 Å². The monoisotopic (exact) mass is 548 g/mol. The molecule has 2 rings (SSSR count). The highest BCUT2D eigenvalue weighted by molar-refractivity contribution is 14.0. The van der Waals surface area contributed by atoms with Gasteiger partial charge in [-0.05, 0) is 29.1 Å². The smallest absolute Gasteiger partial charge is 0.241 e. The molecule has 0 radical (unpaired) electrons. The zero-order chi connectivity index (χ0) is 21.2. The van der Waals surface area contributed by atoms with Gasteiger partial charge in [0.1, 0.15) is 0 Å². The molecule has 10 heteroatoms. The molecule has 0 bridgehead atoms. The lowest BCUT2D eigenvalue weighted by atomic mass is 10.2. The number of hydrogen-bond donors (Lipinski definition) is 2. The van der Waals surface area contributed by atoms with E-state index >= 15 is 0 Å². The highest BCUT2D eigenvalue weighted by Crippen LogP contribution is 2.38. The molecule has 2 N–H and O–H groups in total. The number of rotatable bonds is 9. The van der Waals surface area contributed by atoms with Crippen LogP contribution in [0.1, 0.15) is 10.4 Å². The van der Waals surface area contributed by atoms with E-state index in [-0.39, 0.29) is 36.4 Å². The normalized spacial score (nSPS) is 10.6. The Bertz CT molecular complexity index is 803. The summed E-state index contributed by atoms with van der Waals surface area (Å²) < 4.78 is 16.1. The van der Waals surface area contributed by atoms with Gasteiger partial charge in [0.25, 0.3) is 0 Å². The van der Waals surface area contributed by atoms with Crippen LogP contribution in [0.5, 0.6) is 17.2 Å². The molecule has 0 aliphatic carbocycles. The fourth-order valence-electron chi connectivity index (χ4n) is 2.47. The number of hydrogen-bond acceptors (Lipinski definition) is 6. The number of ether oxygens (including phenoxy) is 3. The Hall–Kier alpha value is -2.21. The van der Waals surface area contributed by atoms with E-state index < -0.39 is 0 Å². The van der Waals surface area contributed by atoms with Gasteiger partial charge in [-0.15, -0.1) is 35.3 Å². The molecule has 1 amide bonds. The maximum absolute atomic E-state index is 11.9. The van der Waals surface area contributed by atoms with Gasteiger partial charge in [-0.2, -0.15) is 0 Å².